The van der Waals surface area contributed by atoms with Crippen LogP contribution in [0.4, 0.5) is 0 Å². The quantitative estimate of drug-likeness (QED) is 0.679. The summed E-state index contributed by atoms with van der Waals surface area (Å²) in [5, 5.41) is 9.75. The Labute approximate surface area is 172 Å². The highest BCUT2D eigenvalue weighted by Gasteiger charge is 2.17. The minimum atomic E-state index is -0.200. The number of carbonyl (C=O) groups excluding carboxylic acids is 1. The lowest BCUT2D eigenvalue weighted by atomic mass is 10.0. The van der Waals surface area contributed by atoms with Gasteiger partial charge in [-0.2, -0.15) is 5.10 Å². The summed E-state index contributed by atoms with van der Waals surface area (Å²) in [7, 11) is 1.89. The van der Waals surface area contributed by atoms with Gasteiger partial charge in [0.2, 0.25) is 5.91 Å². The van der Waals surface area contributed by atoms with E-state index in [2.05, 4.69) is 34.7 Å². The van der Waals surface area contributed by atoms with E-state index in [0.717, 1.165) is 27.9 Å². The van der Waals surface area contributed by atoms with Crippen LogP contribution in [0.15, 0.2) is 42.5 Å². The second kappa shape index (κ2) is 9.74. The summed E-state index contributed by atoms with van der Waals surface area (Å²) in [5.74, 6) is -0.0391. The summed E-state index contributed by atoms with van der Waals surface area (Å²) in [6.07, 6.45) is 0.315. The normalized spacial score (nSPS) is 11.4. The van der Waals surface area contributed by atoms with Crippen LogP contribution in [-0.2, 0) is 18.3 Å². The largest absolute Gasteiger partial charge is 0.348 e. The summed E-state index contributed by atoms with van der Waals surface area (Å²) >= 11 is 0. The number of hydrogen-bond donors (Lipinski definition) is 2. The Morgan fingerprint density at radius 3 is 2.41 bits per heavy atom. The maximum absolute atomic E-state index is 12.5. The van der Waals surface area contributed by atoms with Crippen molar-refractivity contribution in [2.24, 2.45) is 12.8 Å². The number of carbonyl (C=O) groups is 1. The van der Waals surface area contributed by atoms with E-state index < -0.39 is 0 Å². The molecule has 2 aromatic carbocycles. The number of aryl methyl sites for hydroxylation is 2. The first kappa shape index (κ1) is 23.0. The number of nitrogens with two attached hydrogens (primary N) is 1. The number of amides is 1. The van der Waals surface area contributed by atoms with Gasteiger partial charge in [-0.05, 0) is 36.2 Å². The fourth-order valence-corrected chi connectivity index (χ4v) is 3.18. The number of nitrogens with zero attached hydrogens (tertiary/aromatic N) is 2. The smallest absolute Gasteiger partial charge is 0.225 e. The van der Waals surface area contributed by atoms with Crippen molar-refractivity contribution >= 4 is 41.5 Å². The molecule has 0 bridgehead atoms. The van der Waals surface area contributed by atoms with Crippen molar-refractivity contribution in [3.63, 3.8) is 0 Å². The molecule has 3 N–H and O–H groups in total. The van der Waals surface area contributed by atoms with Crippen molar-refractivity contribution in [2.75, 3.05) is 6.54 Å². The van der Waals surface area contributed by atoms with Gasteiger partial charge in [0.25, 0.3) is 0 Å². The van der Waals surface area contributed by atoms with Gasteiger partial charge in [0.05, 0.1) is 18.2 Å². The number of hydrogen-bond acceptors (Lipinski definition) is 3. The molecule has 0 spiro atoms. The average molecular weight is 409 g/mol. The summed E-state index contributed by atoms with van der Waals surface area (Å²) in [6.45, 7) is 4.26. The molecule has 27 heavy (non-hydrogen) atoms. The highest BCUT2D eigenvalue weighted by atomic mass is 35.5. The van der Waals surface area contributed by atoms with E-state index in [4.69, 9.17) is 5.73 Å². The highest BCUT2D eigenvalue weighted by Crippen LogP contribution is 2.20. The van der Waals surface area contributed by atoms with Crippen LogP contribution in [0.25, 0.3) is 10.8 Å². The van der Waals surface area contributed by atoms with Crippen molar-refractivity contribution in [1.29, 1.82) is 0 Å². The molecule has 0 aliphatic rings. The molecule has 0 saturated heterocycles. The van der Waals surface area contributed by atoms with Crippen molar-refractivity contribution in [3.8, 4) is 0 Å². The third-order valence-corrected chi connectivity index (χ3v) is 4.74. The van der Waals surface area contributed by atoms with Crippen LogP contribution in [0.2, 0.25) is 0 Å². The van der Waals surface area contributed by atoms with E-state index >= 15 is 0 Å². The first-order valence-corrected chi connectivity index (χ1v) is 8.46. The zero-order valence-corrected chi connectivity index (χ0v) is 17.4. The third kappa shape index (κ3) is 5.01. The highest BCUT2D eigenvalue weighted by molar-refractivity contribution is 5.86. The van der Waals surface area contributed by atoms with Crippen LogP contribution in [0.1, 0.15) is 28.6 Å². The summed E-state index contributed by atoms with van der Waals surface area (Å²) < 4.78 is 1.81. The molecule has 1 aromatic heterocycles. The second-order valence-electron chi connectivity index (χ2n) is 6.41. The molecule has 3 aromatic rings. The molecular weight excluding hydrogens is 383 g/mol. The molecule has 0 aliphatic heterocycles. The standard InChI is InChI=1S/C20H24N4O.2ClH/c1-13-18(14(2)24(3)23-13)11-20(25)22-19(12-21)17-9-8-15-6-4-5-7-16(15)10-17;;/h4-10,19H,11-12,21H2,1-3H3,(H,22,25);2*1H. The molecular formula is C20H26Cl2N4O. The van der Waals surface area contributed by atoms with Gasteiger partial charge in [-0.15, -0.1) is 24.8 Å². The molecule has 3 rings (SSSR count). The summed E-state index contributed by atoms with van der Waals surface area (Å²) in [4.78, 5) is 12.5. The Hall–Kier alpha value is -2.08. The van der Waals surface area contributed by atoms with Gasteiger partial charge in [-0.3, -0.25) is 9.48 Å². The van der Waals surface area contributed by atoms with Crippen molar-refractivity contribution < 1.29 is 4.79 Å². The van der Waals surface area contributed by atoms with Crippen LogP contribution < -0.4 is 11.1 Å². The van der Waals surface area contributed by atoms with Gasteiger partial charge < -0.3 is 11.1 Å². The molecule has 1 amide bonds. The van der Waals surface area contributed by atoms with Gasteiger partial charge >= 0.3 is 0 Å². The Kier molecular flexibility index (Phi) is 8.28. The lowest BCUT2D eigenvalue weighted by molar-refractivity contribution is -0.121. The SMILES string of the molecule is Cc1nn(C)c(C)c1CC(=O)NC(CN)c1ccc2ccccc2c1.Cl.Cl. The number of aromatic nitrogens is 2. The molecule has 1 unspecified atom stereocenters. The summed E-state index contributed by atoms with van der Waals surface area (Å²) in [6, 6.07) is 14.1. The van der Waals surface area contributed by atoms with E-state index in [1.54, 1.807) is 0 Å². The molecule has 5 nitrogen and oxygen atoms in total. The number of fused-ring (bicyclic) bond motifs is 1. The Bertz CT molecular complexity index is 923. The summed E-state index contributed by atoms with van der Waals surface area (Å²) in [5.41, 5.74) is 9.84. The average Bonchev–Trinajstić information content (AvgIpc) is 2.85. The van der Waals surface area contributed by atoms with Crippen LogP contribution in [0.5, 0.6) is 0 Å². The van der Waals surface area contributed by atoms with Gasteiger partial charge in [-0.25, -0.2) is 0 Å². The first-order valence-electron chi connectivity index (χ1n) is 8.46. The van der Waals surface area contributed by atoms with Gasteiger partial charge in [0, 0.05) is 24.8 Å². The first-order chi connectivity index (χ1) is 12.0. The van der Waals surface area contributed by atoms with Gasteiger partial charge in [-0.1, -0.05) is 36.4 Å². The monoisotopic (exact) mass is 408 g/mol. The van der Waals surface area contributed by atoms with E-state index in [-0.39, 0.29) is 36.8 Å². The number of nitrogens with one attached hydrogen (secondary N) is 1. The number of halogens is 2. The lowest BCUT2D eigenvalue weighted by Gasteiger charge is -2.18. The molecule has 0 aliphatic carbocycles. The van der Waals surface area contributed by atoms with E-state index in [1.807, 2.05) is 43.8 Å². The molecule has 0 fully saturated rings. The van der Waals surface area contributed by atoms with Gasteiger partial charge in [0.1, 0.15) is 0 Å². The third-order valence-electron chi connectivity index (χ3n) is 4.74. The molecule has 1 atom stereocenters. The van der Waals surface area contributed by atoms with Crippen LogP contribution >= 0.6 is 24.8 Å². The van der Waals surface area contributed by atoms with E-state index in [1.165, 1.54) is 5.39 Å². The van der Waals surface area contributed by atoms with Crippen molar-refractivity contribution in [1.82, 2.24) is 15.1 Å². The maximum Gasteiger partial charge on any atom is 0.225 e. The van der Waals surface area contributed by atoms with E-state index in [0.29, 0.717) is 13.0 Å². The van der Waals surface area contributed by atoms with Crippen LogP contribution in [0.3, 0.4) is 0 Å². The van der Waals surface area contributed by atoms with E-state index in [9.17, 15) is 4.79 Å². The minimum absolute atomic E-state index is 0. The van der Waals surface area contributed by atoms with Crippen LogP contribution in [0, 0.1) is 13.8 Å². The Morgan fingerprint density at radius 1 is 1.15 bits per heavy atom. The lowest BCUT2D eigenvalue weighted by Crippen LogP contribution is -2.34. The molecule has 1 heterocycles. The fraction of sp³-hybridized carbons (Fsp3) is 0.300. The molecule has 7 heteroatoms. The maximum atomic E-state index is 12.5. The molecule has 0 saturated carbocycles. The Morgan fingerprint density at radius 2 is 1.81 bits per heavy atom. The molecule has 146 valence electrons. The minimum Gasteiger partial charge on any atom is -0.348 e. The predicted octanol–water partition coefficient (Wildman–Crippen LogP) is 3.39. The Balaban J connectivity index is 0.00000182. The fourth-order valence-electron chi connectivity index (χ4n) is 3.18. The van der Waals surface area contributed by atoms with Crippen molar-refractivity contribution in [3.05, 3.63) is 65.0 Å². The second-order valence-corrected chi connectivity index (χ2v) is 6.41. The van der Waals surface area contributed by atoms with Crippen LogP contribution in [-0.4, -0.2) is 22.2 Å². The topological polar surface area (TPSA) is 72.9 Å². The number of benzene rings is 2. The zero-order chi connectivity index (χ0) is 18.0. The zero-order valence-electron chi connectivity index (χ0n) is 15.7. The molecule has 0 radical (unpaired) electrons. The van der Waals surface area contributed by atoms with Gasteiger partial charge in [0.15, 0.2) is 0 Å². The number of rotatable bonds is 5. The van der Waals surface area contributed by atoms with Crippen molar-refractivity contribution in [2.45, 2.75) is 26.3 Å². The predicted molar refractivity (Wildman–Crippen MR) is 115 cm³/mol.